The van der Waals surface area contributed by atoms with Crippen LogP contribution >= 0.6 is 0 Å². The molecule has 1 aromatic heterocycles. The van der Waals surface area contributed by atoms with Crippen LogP contribution in [0.3, 0.4) is 0 Å². The van der Waals surface area contributed by atoms with Gasteiger partial charge in [0.25, 0.3) is 0 Å². The summed E-state index contributed by atoms with van der Waals surface area (Å²) in [4.78, 5) is 7.27. The number of rotatable bonds is 2. The smallest absolute Gasteiger partial charge is 0.119 e. The molecule has 2 aliphatic rings. The molecule has 0 N–H and O–H groups in total. The fraction of sp³-hybridized carbons (Fsp3) is 0.0800. The maximum Gasteiger partial charge on any atom is 0.119 e. The Labute approximate surface area is 158 Å². The molecule has 2 heterocycles. The Balaban J connectivity index is 1.67. The Hall–Kier alpha value is -3.39. The lowest BCUT2D eigenvalue weighted by molar-refractivity contribution is 0.812. The quantitative estimate of drug-likeness (QED) is 0.441. The molecule has 1 spiro atoms. The number of nitrogens with zero attached hydrogens (tertiary/aromatic N) is 2. The highest BCUT2D eigenvalue weighted by molar-refractivity contribution is 5.88. The molecule has 0 bridgehead atoms. The van der Waals surface area contributed by atoms with Gasteiger partial charge in [0, 0.05) is 11.9 Å². The van der Waals surface area contributed by atoms with E-state index in [-0.39, 0.29) is 11.6 Å². The molecule has 0 unspecified atom stereocenters. The standard InChI is InChI=1S/C25H18N2/c1-2-10-18(11-3-1)27-24(23-16-8-9-17-26-23)25(27)21-14-6-4-12-19(21)20-13-5-7-15-22(20)25/h1-17,24H/t24-,27?/m1/s1. The molecular formula is C25H18N2. The van der Waals surface area contributed by atoms with E-state index in [4.69, 9.17) is 4.98 Å². The van der Waals surface area contributed by atoms with E-state index in [0.717, 1.165) is 5.69 Å². The van der Waals surface area contributed by atoms with E-state index < -0.39 is 0 Å². The van der Waals surface area contributed by atoms with Crippen molar-refractivity contribution in [1.82, 2.24) is 4.98 Å². The highest BCUT2D eigenvalue weighted by atomic mass is 15.4. The largest absolute Gasteiger partial charge is 0.343 e. The van der Waals surface area contributed by atoms with Crippen molar-refractivity contribution in [3.8, 4) is 11.1 Å². The number of anilines is 1. The third-order valence-electron chi connectivity index (χ3n) is 5.93. The number of hydrogen-bond acceptors (Lipinski definition) is 2. The van der Waals surface area contributed by atoms with Gasteiger partial charge >= 0.3 is 0 Å². The maximum absolute atomic E-state index is 4.74. The summed E-state index contributed by atoms with van der Waals surface area (Å²) in [7, 11) is 0. The summed E-state index contributed by atoms with van der Waals surface area (Å²) in [5.74, 6) is 0. The van der Waals surface area contributed by atoms with Gasteiger partial charge in [-0.3, -0.25) is 4.98 Å². The lowest BCUT2D eigenvalue weighted by atomic mass is 9.91. The van der Waals surface area contributed by atoms with Crippen molar-refractivity contribution in [1.29, 1.82) is 0 Å². The molecule has 0 amide bonds. The predicted octanol–water partition coefficient (Wildman–Crippen LogP) is 5.57. The first-order chi connectivity index (χ1) is 13.4. The lowest BCUT2D eigenvalue weighted by Gasteiger charge is -2.15. The van der Waals surface area contributed by atoms with Gasteiger partial charge in [0.15, 0.2) is 0 Å². The zero-order chi connectivity index (χ0) is 17.8. The van der Waals surface area contributed by atoms with E-state index in [1.165, 1.54) is 27.9 Å². The molecule has 4 aromatic rings. The zero-order valence-electron chi connectivity index (χ0n) is 14.8. The summed E-state index contributed by atoms with van der Waals surface area (Å²) in [5, 5.41) is 0. The summed E-state index contributed by atoms with van der Waals surface area (Å²) in [5.41, 5.74) is 7.62. The molecule has 0 saturated carbocycles. The van der Waals surface area contributed by atoms with Crippen LogP contribution in [0.5, 0.6) is 0 Å². The fourth-order valence-electron chi connectivity index (χ4n) is 4.92. The van der Waals surface area contributed by atoms with E-state index in [0.29, 0.717) is 0 Å². The van der Waals surface area contributed by atoms with Gasteiger partial charge in [0.2, 0.25) is 0 Å². The average Bonchev–Trinajstić information content (AvgIpc) is 3.37. The highest BCUT2D eigenvalue weighted by Gasteiger charge is 2.69. The normalized spacial score (nSPS) is 18.2. The molecule has 1 aliphatic carbocycles. The Morgan fingerprint density at radius 2 is 1.22 bits per heavy atom. The average molecular weight is 346 g/mol. The van der Waals surface area contributed by atoms with Crippen LogP contribution in [-0.4, -0.2) is 4.98 Å². The molecule has 1 aliphatic heterocycles. The minimum Gasteiger partial charge on any atom is -0.343 e. The maximum atomic E-state index is 4.74. The van der Waals surface area contributed by atoms with Crippen molar-refractivity contribution < 1.29 is 0 Å². The zero-order valence-corrected chi connectivity index (χ0v) is 14.8. The van der Waals surface area contributed by atoms with Crippen LogP contribution in [-0.2, 0) is 5.54 Å². The van der Waals surface area contributed by atoms with Crippen LogP contribution in [0.4, 0.5) is 5.69 Å². The number of fused-ring (bicyclic) bond motifs is 5. The first kappa shape index (κ1) is 14.7. The second kappa shape index (κ2) is 5.31. The van der Waals surface area contributed by atoms with Crippen LogP contribution in [0.2, 0.25) is 0 Å². The summed E-state index contributed by atoms with van der Waals surface area (Å²) >= 11 is 0. The highest BCUT2D eigenvalue weighted by Crippen LogP contribution is 2.70. The molecule has 1 saturated heterocycles. The van der Waals surface area contributed by atoms with Crippen LogP contribution in [0.25, 0.3) is 11.1 Å². The first-order valence-electron chi connectivity index (χ1n) is 9.37. The Kier molecular flexibility index (Phi) is 2.90. The van der Waals surface area contributed by atoms with Crippen molar-refractivity contribution in [2.45, 2.75) is 11.6 Å². The van der Waals surface area contributed by atoms with Gasteiger partial charge in [-0.15, -0.1) is 0 Å². The summed E-state index contributed by atoms with van der Waals surface area (Å²) in [6.45, 7) is 0. The van der Waals surface area contributed by atoms with Crippen LogP contribution in [0.15, 0.2) is 103 Å². The van der Waals surface area contributed by atoms with Gasteiger partial charge in [0.05, 0.1) is 5.69 Å². The van der Waals surface area contributed by atoms with Gasteiger partial charge in [0.1, 0.15) is 11.6 Å². The van der Waals surface area contributed by atoms with Crippen molar-refractivity contribution in [2.75, 3.05) is 4.90 Å². The van der Waals surface area contributed by atoms with Crippen LogP contribution in [0.1, 0.15) is 22.9 Å². The molecule has 6 rings (SSSR count). The SMILES string of the molecule is c1ccc(N2[C@H](c3ccccn3)C23c2ccccc2-c2ccccc23)cc1. The molecule has 2 nitrogen and oxygen atoms in total. The first-order valence-corrected chi connectivity index (χ1v) is 9.37. The summed E-state index contributed by atoms with van der Waals surface area (Å²) < 4.78 is 0. The lowest BCUT2D eigenvalue weighted by Crippen LogP contribution is -2.14. The molecule has 2 heteroatoms. The molecule has 1 atom stereocenters. The van der Waals surface area contributed by atoms with Crippen molar-refractivity contribution >= 4 is 5.69 Å². The number of aromatic nitrogens is 1. The Morgan fingerprint density at radius 3 is 1.85 bits per heavy atom. The third-order valence-corrected chi connectivity index (χ3v) is 5.93. The third kappa shape index (κ3) is 1.82. The topological polar surface area (TPSA) is 15.9 Å². The summed E-state index contributed by atoms with van der Waals surface area (Å²) in [6, 6.07) is 34.8. The monoisotopic (exact) mass is 346 g/mol. The van der Waals surface area contributed by atoms with Crippen molar-refractivity contribution in [3.05, 3.63) is 120 Å². The van der Waals surface area contributed by atoms with Crippen molar-refractivity contribution in [3.63, 3.8) is 0 Å². The minimum atomic E-state index is -0.178. The Morgan fingerprint density at radius 1 is 0.630 bits per heavy atom. The number of para-hydroxylation sites is 1. The predicted molar refractivity (Wildman–Crippen MR) is 109 cm³/mol. The molecule has 1 fully saturated rings. The van der Waals surface area contributed by atoms with Gasteiger partial charge < -0.3 is 4.90 Å². The number of benzene rings is 3. The Bertz CT molecular complexity index is 1040. The van der Waals surface area contributed by atoms with E-state index in [2.05, 4.69) is 95.9 Å². The van der Waals surface area contributed by atoms with E-state index >= 15 is 0 Å². The molecule has 0 radical (unpaired) electrons. The number of hydrogen-bond donors (Lipinski definition) is 0. The van der Waals surface area contributed by atoms with Gasteiger partial charge in [-0.25, -0.2) is 0 Å². The van der Waals surface area contributed by atoms with E-state index in [9.17, 15) is 0 Å². The van der Waals surface area contributed by atoms with Crippen molar-refractivity contribution in [2.24, 2.45) is 0 Å². The second-order valence-corrected chi connectivity index (χ2v) is 7.22. The van der Waals surface area contributed by atoms with Crippen LogP contribution < -0.4 is 4.90 Å². The van der Waals surface area contributed by atoms with Gasteiger partial charge in [-0.2, -0.15) is 0 Å². The minimum absolute atomic E-state index is 0.178. The van der Waals surface area contributed by atoms with E-state index in [1.807, 2.05) is 12.3 Å². The number of pyridine rings is 1. The second-order valence-electron chi connectivity index (χ2n) is 7.22. The summed E-state index contributed by atoms with van der Waals surface area (Å²) in [6.07, 6.45) is 1.90. The fourth-order valence-corrected chi connectivity index (χ4v) is 4.92. The molecular weight excluding hydrogens is 328 g/mol. The van der Waals surface area contributed by atoms with Crippen LogP contribution in [0, 0.1) is 0 Å². The molecule has 128 valence electrons. The molecule has 3 aromatic carbocycles. The molecule has 27 heavy (non-hydrogen) atoms. The van der Waals surface area contributed by atoms with Gasteiger partial charge in [-0.05, 0) is 46.5 Å². The van der Waals surface area contributed by atoms with E-state index in [1.54, 1.807) is 0 Å². The van der Waals surface area contributed by atoms with Gasteiger partial charge in [-0.1, -0.05) is 72.8 Å².